The molecule has 4 heteroatoms. The molecule has 0 spiro atoms. The van der Waals surface area contributed by atoms with Crippen LogP contribution in [0.25, 0.3) is 0 Å². The van der Waals surface area contributed by atoms with Crippen LogP contribution in [0.5, 0.6) is 0 Å². The molecule has 0 aromatic heterocycles. The Morgan fingerprint density at radius 1 is 1.11 bits per heavy atom. The van der Waals surface area contributed by atoms with E-state index in [1.165, 1.54) is 58.4 Å². The Bertz CT molecular complexity index is 278. The third-order valence-electron chi connectivity index (χ3n) is 4.06. The summed E-state index contributed by atoms with van der Waals surface area (Å²) in [5, 5.41) is 3.44. The number of guanidine groups is 1. The molecule has 2 aliphatic heterocycles. The minimum Gasteiger partial charge on any atom is -0.357 e. The Hall–Kier alpha value is -0.770. The van der Waals surface area contributed by atoms with Crippen molar-refractivity contribution >= 4 is 5.96 Å². The van der Waals surface area contributed by atoms with Crippen molar-refractivity contribution in [3.63, 3.8) is 0 Å². The summed E-state index contributed by atoms with van der Waals surface area (Å²) in [7, 11) is 0. The van der Waals surface area contributed by atoms with Gasteiger partial charge in [0.1, 0.15) is 0 Å². The van der Waals surface area contributed by atoms with Gasteiger partial charge in [-0.15, -0.1) is 0 Å². The molecule has 0 saturated carbocycles. The summed E-state index contributed by atoms with van der Waals surface area (Å²) in [4.78, 5) is 9.84. The number of rotatable bonds is 5. The predicted octanol–water partition coefficient (Wildman–Crippen LogP) is 1.78. The van der Waals surface area contributed by atoms with Crippen LogP contribution in [0.3, 0.4) is 0 Å². The third kappa shape index (κ3) is 4.68. The molecule has 0 aliphatic carbocycles. The Kier molecular flexibility index (Phi) is 5.95. The van der Waals surface area contributed by atoms with E-state index < -0.39 is 0 Å². The molecule has 0 radical (unpaired) electrons. The van der Waals surface area contributed by atoms with Crippen LogP contribution in [0.2, 0.25) is 0 Å². The molecule has 0 amide bonds. The van der Waals surface area contributed by atoms with E-state index in [1.807, 2.05) is 0 Å². The lowest BCUT2D eigenvalue weighted by atomic mass is 10.2. The first-order valence-corrected chi connectivity index (χ1v) is 8.05. The largest absolute Gasteiger partial charge is 0.357 e. The van der Waals surface area contributed by atoms with Crippen molar-refractivity contribution < 1.29 is 0 Å². The summed E-state index contributed by atoms with van der Waals surface area (Å²) >= 11 is 0. The topological polar surface area (TPSA) is 30.9 Å². The van der Waals surface area contributed by atoms with E-state index in [9.17, 15) is 0 Å². The molecule has 1 atom stereocenters. The molecule has 0 aromatic rings. The van der Waals surface area contributed by atoms with E-state index in [0.717, 1.165) is 19.0 Å². The molecular weight excluding hydrogens is 236 g/mol. The standard InChI is InChI=1S/C15H30N4/c1-3-16-15(19-10-6-7-11-19)17-12-14(2)13-18-8-4-5-9-18/h14H,3-13H2,1-2H3,(H,16,17). The van der Waals surface area contributed by atoms with E-state index in [2.05, 4.69) is 29.0 Å². The minimum atomic E-state index is 0.661. The predicted molar refractivity (Wildman–Crippen MR) is 81.6 cm³/mol. The minimum absolute atomic E-state index is 0.661. The third-order valence-corrected chi connectivity index (χ3v) is 4.06. The van der Waals surface area contributed by atoms with Crippen LogP contribution in [0.4, 0.5) is 0 Å². The Morgan fingerprint density at radius 2 is 1.74 bits per heavy atom. The lowest BCUT2D eigenvalue weighted by Crippen LogP contribution is -2.40. The smallest absolute Gasteiger partial charge is 0.193 e. The zero-order chi connectivity index (χ0) is 13.5. The molecule has 19 heavy (non-hydrogen) atoms. The molecule has 1 N–H and O–H groups in total. The van der Waals surface area contributed by atoms with Crippen molar-refractivity contribution in [1.29, 1.82) is 0 Å². The van der Waals surface area contributed by atoms with Gasteiger partial charge in [-0.05, 0) is 51.6 Å². The maximum Gasteiger partial charge on any atom is 0.193 e. The average molecular weight is 266 g/mol. The molecule has 0 aromatic carbocycles. The van der Waals surface area contributed by atoms with Crippen LogP contribution in [-0.4, -0.2) is 61.6 Å². The summed E-state index contributed by atoms with van der Waals surface area (Å²) in [6, 6.07) is 0. The maximum absolute atomic E-state index is 4.84. The zero-order valence-electron chi connectivity index (χ0n) is 12.7. The van der Waals surface area contributed by atoms with Crippen molar-refractivity contribution in [1.82, 2.24) is 15.1 Å². The monoisotopic (exact) mass is 266 g/mol. The lowest BCUT2D eigenvalue weighted by molar-refractivity contribution is 0.291. The van der Waals surface area contributed by atoms with Crippen molar-refractivity contribution in [3.05, 3.63) is 0 Å². The van der Waals surface area contributed by atoms with Gasteiger partial charge in [0, 0.05) is 32.7 Å². The van der Waals surface area contributed by atoms with Crippen LogP contribution in [0.1, 0.15) is 39.5 Å². The van der Waals surface area contributed by atoms with Crippen molar-refractivity contribution in [2.24, 2.45) is 10.9 Å². The fourth-order valence-corrected chi connectivity index (χ4v) is 3.06. The second-order valence-electron chi connectivity index (χ2n) is 6.00. The van der Waals surface area contributed by atoms with Gasteiger partial charge in [-0.2, -0.15) is 0 Å². The van der Waals surface area contributed by atoms with Crippen molar-refractivity contribution in [2.45, 2.75) is 39.5 Å². The van der Waals surface area contributed by atoms with Crippen LogP contribution in [-0.2, 0) is 0 Å². The average Bonchev–Trinajstić information content (AvgIpc) is 3.07. The first-order chi connectivity index (χ1) is 9.29. The van der Waals surface area contributed by atoms with Gasteiger partial charge >= 0.3 is 0 Å². The van der Waals surface area contributed by atoms with E-state index in [-0.39, 0.29) is 0 Å². The summed E-state index contributed by atoms with van der Waals surface area (Å²) < 4.78 is 0. The van der Waals surface area contributed by atoms with E-state index in [1.54, 1.807) is 0 Å². The molecule has 2 aliphatic rings. The zero-order valence-corrected chi connectivity index (χ0v) is 12.7. The fraction of sp³-hybridized carbons (Fsp3) is 0.933. The fourth-order valence-electron chi connectivity index (χ4n) is 3.06. The van der Waals surface area contributed by atoms with Gasteiger partial charge in [-0.3, -0.25) is 4.99 Å². The first-order valence-electron chi connectivity index (χ1n) is 8.05. The van der Waals surface area contributed by atoms with Crippen LogP contribution < -0.4 is 5.32 Å². The normalized spacial score (nSPS) is 23.1. The molecule has 4 nitrogen and oxygen atoms in total. The van der Waals surface area contributed by atoms with E-state index in [0.29, 0.717) is 5.92 Å². The Balaban J connectivity index is 1.78. The first kappa shape index (κ1) is 14.6. The van der Waals surface area contributed by atoms with Gasteiger partial charge in [0.05, 0.1) is 0 Å². The highest BCUT2D eigenvalue weighted by atomic mass is 15.3. The molecule has 1 unspecified atom stereocenters. The van der Waals surface area contributed by atoms with Gasteiger partial charge in [-0.25, -0.2) is 0 Å². The molecule has 2 rings (SSSR count). The second-order valence-corrected chi connectivity index (χ2v) is 6.00. The van der Waals surface area contributed by atoms with Gasteiger partial charge < -0.3 is 15.1 Å². The highest BCUT2D eigenvalue weighted by molar-refractivity contribution is 5.80. The van der Waals surface area contributed by atoms with E-state index >= 15 is 0 Å². The highest BCUT2D eigenvalue weighted by Crippen LogP contribution is 2.11. The number of hydrogen-bond donors (Lipinski definition) is 1. The van der Waals surface area contributed by atoms with Crippen molar-refractivity contribution in [3.8, 4) is 0 Å². The summed E-state index contributed by atoms with van der Waals surface area (Å²) in [5.41, 5.74) is 0. The van der Waals surface area contributed by atoms with Crippen molar-refractivity contribution in [2.75, 3.05) is 45.8 Å². The number of nitrogens with zero attached hydrogens (tertiary/aromatic N) is 3. The highest BCUT2D eigenvalue weighted by Gasteiger charge is 2.17. The quantitative estimate of drug-likeness (QED) is 0.608. The number of likely N-dealkylation sites (tertiary alicyclic amines) is 2. The molecule has 0 bridgehead atoms. The molecule has 110 valence electrons. The maximum atomic E-state index is 4.84. The van der Waals surface area contributed by atoms with Crippen LogP contribution in [0, 0.1) is 5.92 Å². The SMILES string of the molecule is CCNC(=NCC(C)CN1CCCC1)N1CCCC1. The Morgan fingerprint density at radius 3 is 2.37 bits per heavy atom. The van der Waals surface area contributed by atoms with Crippen LogP contribution >= 0.6 is 0 Å². The summed E-state index contributed by atoms with van der Waals surface area (Å²) in [6.07, 6.45) is 5.39. The number of hydrogen-bond acceptors (Lipinski definition) is 2. The Labute approximate surface area is 118 Å². The second kappa shape index (κ2) is 7.73. The van der Waals surface area contributed by atoms with Gasteiger partial charge in [-0.1, -0.05) is 6.92 Å². The summed E-state index contributed by atoms with van der Waals surface area (Å²) in [5.74, 6) is 1.79. The number of nitrogens with one attached hydrogen (secondary N) is 1. The van der Waals surface area contributed by atoms with Gasteiger partial charge in [0.15, 0.2) is 5.96 Å². The molecule has 2 saturated heterocycles. The summed E-state index contributed by atoms with van der Waals surface area (Å²) in [6.45, 7) is 12.5. The molecular formula is C15H30N4. The van der Waals surface area contributed by atoms with E-state index in [4.69, 9.17) is 4.99 Å². The lowest BCUT2D eigenvalue weighted by Gasteiger charge is -2.23. The van der Waals surface area contributed by atoms with Crippen LogP contribution in [0.15, 0.2) is 4.99 Å². The van der Waals surface area contributed by atoms with Gasteiger partial charge in [0.25, 0.3) is 0 Å². The van der Waals surface area contributed by atoms with Gasteiger partial charge in [0.2, 0.25) is 0 Å². The molecule has 2 heterocycles. The molecule has 2 fully saturated rings. The number of aliphatic imine (C=N–C) groups is 1.